The van der Waals surface area contributed by atoms with E-state index >= 15 is 0 Å². The summed E-state index contributed by atoms with van der Waals surface area (Å²) in [5.41, 5.74) is 10.5. The predicted octanol–water partition coefficient (Wildman–Crippen LogP) is 0.104. The van der Waals surface area contributed by atoms with Gasteiger partial charge in [-0.25, -0.2) is 0 Å². The minimum Gasteiger partial charge on any atom is -0.328 e. The molecule has 0 heterocycles. The number of hydrogen-bond acceptors (Lipinski definition) is 5. The van der Waals surface area contributed by atoms with Gasteiger partial charge in [-0.3, -0.25) is 4.57 Å². The molecule has 0 aromatic heterocycles. The minimum absolute atomic E-state index is 0.235. The van der Waals surface area contributed by atoms with Gasteiger partial charge in [0.05, 0.1) is 12.2 Å². The van der Waals surface area contributed by atoms with Gasteiger partial charge in [-0.15, -0.1) is 0 Å². The van der Waals surface area contributed by atoms with Crippen LogP contribution in [0.2, 0.25) is 0 Å². The molecule has 0 rings (SSSR count). The molecule has 4 N–H and O–H groups in total. The lowest BCUT2D eigenvalue weighted by molar-refractivity contribution is 0.151. The maximum atomic E-state index is 11.0. The van der Waals surface area contributed by atoms with Gasteiger partial charge < -0.3 is 20.5 Å². The highest BCUT2D eigenvalue weighted by Crippen LogP contribution is 2.27. The predicted molar refractivity (Wildman–Crippen MR) is 48.2 cm³/mol. The number of hydrogen-bond donors (Lipinski definition) is 2. The van der Waals surface area contributed by atoms with Gasteiger partial charge >= 0.3 is 8.25 Å². The monoisotopic (exact) mass is 196 g/mol. The number of nitrogens with two attached hydrogens (primary N) is 2. The summed E-state index contributed by atoms with van der Waals surface area (Å²) in [7, 11) is -2.42. The fraction of sp³-hybridized carbons (Fsp3) is 1.00. The zero-order chi connectivity index (χ0) is 9.56. The summed E-state index contributed by atoms with van der Waals surface area (Å²) in [6.45, 7) is 4.13. The Hall–Kier alpha value is 0.0700. The van der Waals surface area contributed by atoms with Crippen molar-refractivity contribution >= 4 is 8.25 Å². The maximum absolute atomic E-state index is 11.0. The summed E-state index contributed by atoms with van der Waals surface area (Å²) in [6.07, 6.45) is -0.470. The molecule has 0 bridgehead atoms. The zero-order valence-electron chi connectivity index (χ0n) is 7.45. The van der Waals surface area contributed by atoms with Gasteiger partial charge in [0, 0.05) is 13.1 Å². The van der Waals surface area contributed by atoms with Crippen molar-refractivity contribution in [1.29, 1.82) is 0 Å². The molecule has 12 heavy (non-hydrogen) atoms. The van der Waals surface area contributed by atoms with E-state index in [-0.39, 0.29) is 12.2 Å². The average Bonchev–Trinajstić information content (AvgIpc) is 2.03. The quantitative estimate of drug-likeness (QED) is 0.588. The van der Waals surface area contributed by atoms with Crippen molar-refractivity contribution in [1.82, 2.24) is 0 Å². The second kappa shape index (κ2) is 6.57. The Kier molecular flexibility index (Phi) is 6.61. The Morgan fingerprint density at radius 1 is 1.17 bits per heavy atom. The molecule has 0 aliphatic carbocycles. The SMILES string of the molecule is CC(CN)O[PH](=O)OC(C)CN. The lowest BCUT2D eigenvalue weighted by Gasteiger charge is -2.13. The van der Waals surface area contributed by atoms with Crippen molar-refractivity contribution in [2.24, 2.45) is 11.5 Å². The van der Waals surface area contributed by atoms with Crippen LogP contribution in [0.4, 0.5) is 0 Å². The van der Waals surface area contributed by atoms with E-state index in [0.717, 1.165) is 0 Å². The largest absolute Gasteiger partial charge is 0.328 e. The summed E-state index contributed by atoms with van der Waals surface area (Å²) < 4.78 is 20.8. The first-order chi connectivity index (χ1) is 5.60. The van der Waals surface area contributed by atoms with Gasteiger partial charge in [0.25, 0.3) is 0 Å². The van der Waals surface area contributed by atoms with Crippen LogP contribution in [0, 0.1) is 0 Å². The van der Waals surface area contributed by atoms with Crippen molar-refractivity contribution in [2.75, 3.05) is 13.1 Å². The van der Waals surface area contributed by atoms with Gasteiger partial charge in [0.15, 0.2) is 0 Å². The van der Waals surface area contributed by atoms with Gasteiger partial charge in [-0.1, -0.05) is 0 Å². The molecule has 74 valence electrons. The second-order valence-corrected chi connectivity index (χ2v) is 3.55. The molecule has 0 spiro atoms. The Labute approximate surface area is 73.3 Å². The first-order valence-corrected chi connectivity index (χ1v) is 5.10. The van der Waals surface area contributed by atoms with Crippen LogP contribution in [0.25, 0.3) is 0 Å². The third-order valence-electron chi connectivity index (χ3n) is 1.26. The van der Waals surface area contributed by atoms with Crippen LogP contribution >= 0.6 is 8.25 Å². The fourth-order valence-corrected chi connectivity index (χ4v) is 1.36. The van der Waals surface area contributed by atoms with E-state index < -0.39 is 8.25 Å². The second-order valence-electron chi connectivity index (χ2n) is 2.58. The van der Waals surface area contributed by atoms with Crippen LogP contribution in [0.3, 0.4) is 0 Å². The molecule has 6 heteroatoms. The highest BCUT2D eigenvalue weighted by atomic mass is 31.1. The van der Waals surface area contributed by atoms with E-state index in [4.69, 9.17) is 20.5 Å². The third kappa shape index (κ3) is 5.69. The van der Waals surface area contributed by atoms with Crippen molar-refractivity contribution in [3.63, 3.8) is 0 Å². The zero-order valence-corrected chi connectivity index (χ0v) is 8.45. The summed E-state index contributed by atoms with van der Waals surface area (Å²) in [5.74, 6) is 0. The highest BCUT2D eigenvalue weighted by Gasteiger charge is 2.08. The van der Waals surface area contributed by atoms with E-state index in [2.05, 4.69) is 0 Å². The Morgan fingerprint density at radius 2 is 1.50 bits per heavy atom. The molecule has 0 aromatic rings. The normalized spacial score (nSPS) is 18.7. The maximum Gasteiger partial charge on any atom is 0.319 e. The van der Waals surface area contributed by atoms with E-state index in [1.165, 1.54) is 0 Å². The Bertz CT molecular complexity index is 131. The minimum atomic E-state index is -2.42. The molecule has 0 aliphatic heterocycles. The van der Waals surface area contributed by atoms with E-state index in [1.54, 1.807) is 13.8 Å². The average molecular weight is 196 g/mol. The molecule has 2 unspecified atom stereocenters. The van der Waals surface area contributed by atoms with Crippen LogP contribution in [0.1, 0.15) is 13.8 Å². The topological polar surface area (TPSA) is 87.6 Å². The van der Waals surface area contributed by atoms with Crippen LogP contribution in [-0.2, 0) is 13.6 Å². The molecule has 0 saturated carbocycles. The molecule has 0 amide bonds. The van der Waals surface area contributed by atoms with Crippen LogP contribution in [0.15, 0.2) is 0 Å². The fourth-order valence-electron chi connectivity index (χ4n) is 0.453. The first-order valence-electron chi connectivity index (χ1n) is 3.87. The smallest absolute Gasteiger partial charge is 0.319 e. The Morgan fingerprint density at radius 3 is 1.75 bits per heavy atom. The van der Waals surface area contributed by atoms with Gasteiger partial charge in [-0.2, -0.15) is 0 Å². The van der Waals surface area contributed by atoms with Crippen molar-refractivity contribution in [3.05, 3.63) is 0 Å². The standard InChI is InChI=1S/C6H17N2O3P/c1-5(3-7)10-12(9)11-6(2)4-8/h5-6,12H,3-4,7-8H2,1-2H3. The van der Waals surface area contributed by atoms with E-state index in [0.29, 0.717) is 13.1 Å². The van der Waals surface area contributed by atoms with Crippen LogP contribution in [-0.4, -0.2) is 25.3 Å². The third-order valence-corrected chi connectivity index (χ3v) is 2.45. The lowest BCUT2D eigenvalue weighted by Crippen LogP contribution is -2.20. The summed E-state index contributed by atoms with van der Waals surface area (Å²) in [6, 6.07) is 0. The van der Waals surface area contributed by atoms with Gasteiger partial charge in [-0.05, 0) is 13.8 Å². The van der Waals surface area contributed by atoms with E-state index in [1.807, 2.05) is 0 Å². The lowest BCUT2D eigenvalue weighted by atomic mass is 10.4. The first kappa shape index (κ1) is 12.1. The van der Waals surface area contributed by atoms with Crippen molar-refractivity contribution < 1.29 is 13.6 Å². The molecular weight excluding hydrogens is 179 g/mol. The van der Waals surface area contributed by atoms with E-state index in [9.17, 15) is 4.57 Å². The molecule has 0 radical (unpaired) electrons. The summed E-state index contributed by atoms with van der Waals surface area (Å²) in [4.78, 5) is 0. The highest BCUT2D eigenvalue weighted by molar-refractivity contribution is 7.33. The summed E-state index contributed by atoms with van der Waals surface area (Å²) in [5, 5.41) is 0. The molecular formula is C6H17N2O3P. The molecule has 2 atom stereocenters. The molecule has 0 fully saturated rings. The molecule has 0 saturated heterocycles. The van der Waals surface area contributed by atoms with Gasteiger partial charge in [0.2, 0.25) is 0 Å². The summed E-state index contributed by atoms with van der Waals surface area (Å²) >= 11 is 0. The Balaban J connectivity index is 3.59. The van der Waals surface area contributed by atoms with Crippen LogP contribution in [0.5, 0.6) is 0 Å². The molecule has 0 aromatic carbocycles. The molecule has 0 aliphatic rings. The van der Waals surface area contributed by atoms with Crippen LogP contribution < -0.4 is 11.5 Å². The van der Waals surface area contributed by atoms with Crippen molar-refractivity contribution in [3.8, 4) is 0 Å². The molecule has 5 nitrogen and oxygen atoms in total. The van der Waals surface area contributed by atoms with Gasteiger partial charge in [0.1, 0.15) is 0 Å². The van der Waals surface area contributed by atoms with Crippen molar-refractivity contribution in [2.45, 2.75) is 26.1 Å². The number of rotatable bonds is 6.